The van der Waals surface area contributed by atoms with E-state index in [-0.39, 0.29) is 23.4 Å². The Hall–Kier alpha value is -2.02. The number of halogens is 1. The van der Waals surface area contributed by atoms with Crippen LogP contribution in [0.3, 0.4) is 0 Å². The van der Waals surface area contributed by atoms with Crippen LogP contribution >= 0.6 is 0 Å². The van der Waals surface area contributed by atoms with E-state index >= 15 is 0 Å². The van der Waals surface area contributed by atoms with Gasteiger partial charge in [0.05, 0.1) is 17.8 Å². The first kappa shape index (κ1) is 17.8. The van der Waals surface area contributed by atoms with Crippen LogP contribution in [0.2, 0.25) is 0 Å². The molecule has 7 heteroatoms. The normalized spacial score (nSPS) is 22.6. The Balaban J connectivity index is 1.62. The fraction of sp³-hybridized carbons (Fsp3) is 0.611. The molecule has 0 spiro atoms. The van der Waals surface area contributed by atoms with E-state index in [2.05, 4.69) is 9.88 Å². The van der Waals surface area contributed by atoms with Gasteiger partial charge in [-0.05, 0) is 38.9 Å². The van der Waals surface area contributed by atoms with Gasteiger partial charge >= 0.3 is 0 Å². The third-order valence-electron chi connectivity index (χ3n) is 5.10. The average molecular weight is 348 g/mol. The number of carbonyl (C=O) groups is 2. The molecule has 2 aliphatic heterocycles. The number of nitrogens with zero attached hydrogens (tertiary/aromatic N) is 4. The Labute approximate surface area is 147 Å². The van der Waals surface area contributed by atoms with Crippen LogP contribution in [0.15, 0.2) is 18.5 Å². The summed E-state index contributed by atoms with van der Waals surface area (Å²) in [6.07, 6.45) is 6.34. The minimum absolute atomic E-state index is 0.0385. The van der Waals surface area contributed by atoms with Crippen LogP contribution in [0.1, 0.15) is 36.0 Å². The fourth-order valence-corrected chi connectivity index (χ4v) is 3.65. The van der Waals surface area contributed by atoms with Crippen molar-refractivity contribution in [1.29, 1.82) is 0 Å². The van der Waals surface area contributed by atoms with E-state index in [9.17, 15) is 14.0 Å². The van der Waals surface area contributed by atoms with E-state index in [1.165, 1.54) is 12.3 Å². The molecule has 0 saturated carbocycles. The van der Waals surface area contributed by atoms with Crippen molar-refractivity contribution in [3.05, 3.63) is 29.8 Å². The highest BCUT2D eigenvalue weighted by Gasteiger charge is 2.31. The third-order valence-corrected chi connectivity index (χ3v) is 5.10. The van der Waals surface area contributed by atoms with Gasteiger partial charge in [-0.1, -0.05) is 6.42 Å². The Morgan fingerprint density at radius 1 is 1.04 bits per heavy atom. The van der Waals surface area contributed by atoms with Crippen molar-refractivity contribution in [2.75, 3.05) is 39.8 Å². The number of carbonyl (C=O) groups excluding carboxylic acids is 2. The van der Waals surface area contributed by atoms with Gasteiger partial charge in [-0.2, -0.15) is 0 Å². The lowest BCUT2D eigenvalue weighted by molar-refractivity contribution is -0.137. The molecule has 2 amide bonds. The van der Waals surface area contributed by atoms with Crippen molar-refractivity contribution < 1.29 is 14.0 Å². The minimum atomic E-state index is -0.516. The molecule has 0 aromatic carbocycles. The van der Waals surface area contributed by atoms with Crippen molar-refractivity contribution in [3.8, 4) is 0 Å². The molecular weight excluding hydrogens is 323 g/mol. The number of aromatic nitrogens is 1. The average Bonchev–Trinajstić information content (AvgIpc) is 2.87. The van der Waals surface area contributed by atoms with Crippen molar-refractivity contribution in [1.82, 2.24) is 19.7 Å². The van der Waals surface area contributed by atoms with Gasteiger partial charge < -0.3 is 9.80 Å². The standard InChI is InChI=1S/C18H25FN4O2/c1-21-6-3-2-5-16(21)18(25)23-8-4-7-22(9-10-23)17(24)14-11-15(19)13-20-12-14/h11-13,16H,2-10H2,1H3. The molecule has 0 aliphatic carbocycles. The van der Waals surface area contributed by atoms with Gasteiger partial charge in [0.2, 0.25) is 5.91 Å². The monoisotopic (exact) mass is 348 g/mol. The Bertz CT molecular complexity index is 639. The summed E-state index contributed by atoms with van der Waals surface area (Å²) in [7, 11) is 2.01. The molecule has 1 aromatic heterocycles. The van der Waals surface area contributed by atoms with E-state index < -0.39 is 5.82 Å². The Morgan fingerprint density at radius 3 is 2.56 bits per heavy atom. The lowest BCUT2D eigenvalue weighted by Crippen LogP contribution is -2.50. The molecule has 1 aromatic rings. The molecule has 3 heterocycles. The minimum Gasteiger partial charge on any atom is -0.339 e. The zero-order chi connectivity index (χ0) is 17.8. The first-order chi connectivity index (χ1) is 12.1. The summed E-state index contributed by atoms with van der Waals surface area (Å²) in [5, 5.41) is 0. The van der Waals surface area contributed by atoms with Crippen molar-refractivity contribution in [3.63, 3.8) is 0 Å². The molecule has 6 nitrogen and oxygen atoms in total. The predicted octanol–water partition coefficient (Wildman–Crippen LogP) is 1.38. The topological polar surface area (TPSA) is 56.8 Å². The molecule has 1 unspecified atom stereocenters. The maximum absolute atomic E-state index is 13.3. The summed E-state index contributed by atoms with van der Waals surface area (Å²) in [6, 6.07) is 1.17. The SMILES string of the molecule is CN1CCCCC1C(=O)N1CCCN(C(=O)c2cncc(F)c2)CC1. The molecule has 0 radical (unpaired) electrons. The lowest BCUT2D eigenvalue weighted by atomic mass is 10.0. The molecule has 136 valence electrons. The smallest absolute Gasteiger partial charge is 0.255 e. The van der Waals surface area contributed by atoms with E-state index in [0.29, 0.717) is 26.2 Å². The van der Waals surface area contributed by atoms with Gasteiger partial charge in [-0.25, -0.2) is 4.39 Å². The molecule has 2 saturated heterocycles. The number of amides is 2. The summed E-state index contributed by atoms with van der Waals surface area (Å²) in [5.41, 5.74) is 0.256. The first-order valence-electron chi connectivity index (χ1n) is 8.95. The summed E-state index contributed by atoms with van der Waals surface area (Å²) in [6.45, 7) is 3.19. The zero-order valence-electron chi connectivity index (χ0n) is 14.7. The highest BCUT2D eigenvalue weighted by Crippen LogP contribution is 2.18. The zero-order valence-corrected chi connectivity index (χ0v) is 14.7. The van der Waals surface area contributed by atoms with E-state index in [1.54, 1.807) is 4.90 Å². The van der Waals surface area contributed by atoms with Crippen molar-refractivity contribution in [2.45, 2.75) is 31.7 Å². The van der Waals surface area contributed by atoms with Crippen LogP contribution in [0.25, 0.3) is 0 Å². The van der Waals surface area contributed by atoms with Gasteiger partial charge in [-0.3, -0.25) is 19.5 Å². The van der Waals surface area contributed by atoms with Gasteiger partial charge in [0, 0.05) is 32.4 Å². The number of piperidine rings is 1. The summed E-state index contributed by atoms with van der Waals surface area (Å²) in [4.78, 5) is 34.8. The van der Waals surface area contributed by atoms with E-state index in [4.69, 9.17) is 0 Å². The summed E-state index contributed by atoms with van der Waals surface area (Å²) < 4.78 is 13.3. The van der Waals surface area contributed by atoms with Crippen molar-refractivity contribution in [2.24, 2.45) is 0 Å². The van der Waals surface area contributed by atoms with Gasteiger partial charge in [0.1, 0.15) is 5.82 Å². The fourth-order valence-electron chi connectivity index (χ4n) is 3.65. The molecule has 0 bridgehead atoms. The number of rotatable bonds is 2. The quantitative estimate of drug-likeness (QED) is 0.810. The molecule has 0 N–H and O–H groups in total. The lowest BCUT2D eigenvalue weighted by Gasteiger charge is -2.35. The van der Waals surface area contributed by atoms with Crippen LogP contribution in [-0.4, -0.2) is 77.3 Å². The van der Waals surface area contributed by atoms with E-state index in [1.807, 2.05) is 11.9 Å². The van der Waals surface area contributed by atoms with Gasteiger partial charge in [0.25, 0.3) is 5.91 Å². The van der Waals surface area contributed by atoms with E-state index in [0.717, 1.165) is 38.4 Å². The first-order valence-corrected chi connectivity index (χ1v) is 8.95. The van der Waals surface area contributed by atoms with Crippen LogP contribution < -0.4 is 0 Å². The van der Waals surface area contributed by atoms with Crippen LogP contribution in [0.4, 0.5) is 4.39 Å². The highest BCUT2D eigenvalue weighted by molar-refractivity contribution is 5.94. The van der Waals surface area contributed by atoms with Gasteiger partial charge in [-0.15, -0.1) is 0 Å². The molecule has 2 fully saturated rings. The van der Waals surface area contributed by atoms with Gasteiger partial charge in [0.15, 0.2) is 0 Å². The molecule has 1 atom stereocenters. The van der Waals surface area contributed by atoms with Crippen LogP contribution in [0.5, 0.6) is 0 Å². The molecule has 2 aliphatic rings. The second kappa shape index (κ2) is 7.91. The molecule has 3 rings (SSSR count). The predicted molar refractivity (Wildman–Crippen MR) is 91.6 cm³/mol. The number of likely N-dealkylation sites (N-methyl/N-ethyl adjacent to an activating group) is 1. The molecular formula is C18H25FN4O2. The number of hydrogen-bond donors (Lipinski definition) is 0. The number of pyridine rings is 1. The highest BCUT2D eigenvalue weighted by atomic mass is 19.1. The maximum atomic E-state index is 13.3. The maximum Gasteiger partial charge on any atom is 0.255 e. The third kappa shape index (κ3) is 4.15. The van der Waals surface area contributed by atoms with Crippen LogP contribution in [0, 0.1) is 5.82 Å². The summed E-state index contributed by atoms with van der Waals surface area (Å²) >= 11 is 0. The second-order valence-corrected chi connectivity index (χ2v) is 6.86. The summed E-state index contributed by atoms with van der Waals surface area (Å²) in [5.74, 6) is -0.571. The Morgan fingerprint density at radius 2 is 1.80 bits per heavy atom. The van der Waals surface area contributed by atoms with Crippen molar-refractivity contribution >= 4 is 11.8 Å². The van der Waals surface area contributed by atoms with Crippen LogP contribution in [-0.2, 0) is 4.79 Å². The second-order valence-electron chi connectivity index (χ2n) is 6.86. The molecule has 25 heavy (non-hydrogen) atoms. The number of likely N-dealkylation sites (tertiary alicyclic amines) is 1. The number of hydrogen-bond acceptors (Lipinski definition) is 4. The largest absolute Gasteiger partial charge is 0.339 e. The Kier molecular flexibility index (Phi) is 5.63.